The van der Waals surface area contributed by atoms with Gasteiger partial charge in [0.2, 0.25) is 0 Å². The lowest BCUT2D eigenvalue weighted by Gasteiger charge is -2.00. The van der Waals surface area contributed by atoms with Gasteiger partial charge in [0.15, 0.2) is 5.65 Å². The molecule has 0 saturated heterocycles. The van der Waals surface area contributed by atoms with Crippen LogP contribution in [0.3, 0.4) is 0 Å². The molecule has 1 N–H and O–H groups in total. The third-order valence-electron chi connectivity index (χ3n) is 1.97. The predicted octanol–water partition coefficient (Wildman–Crippen LogP) is -0.477. The molecule has 0 bridgehead atoms. The van der Waals surface area contributed by atoms with Crippen LogP contribution >= 0.6 is 0 Å². The van der Waals surface area contributed by atoms with Gasteiger partial charge < -0.3 is 4.74 Å². The Morgan fingerprint density at radius 2 is 2.44 bits per heavy atom. The summed E-state index contributed by atoms with van der Waals surface area (Å²) in [6.07, 6.45) is 1.40. The molecule has 0 atom stereocenters. The number of H-pyrrole nitrogens is 1. The molecule has 0 aliphatic rings. The van der Waals surface area contributed by atoms with E-state index in [1.807, 2.05) is 0 Å². The highest BCUT2D eigenvalue weighted by Crippen LogP contribution is 1.98. The quantitative estimate of drug-likeness (QED) is 0.708. The Morgan fingerprint density at radius 1 is 1.62 bits per heavy atom. The number of aromatic nitrogens is 4. The summed E-state index contributed by atoms with van der Waals surface area (Å²) in [4.78, 5) is 26.8. The lowest BCUT2D eigenvalue weighted by Crippen LogP contribution is -2.17. The smallest absolute Gasteiger partial charge is 0.311 e. The lowest BCUT2D eigenvalue weighted by atomic mass is 10.3. The van der Waals surface area contributed by atoms with E-state index in [-0.39, 0.29) is 12.0 Å². The number of ether oxygens (including phenoxy) is 1. The molecule has 7 heteroatoms. The second kappa shape index (κ2) is 4.13. The number of carbonyl (C=O) groups is 1. The van der Waals surface area contributed by atoms with Crippen LogP contribution in [0.4, 0.5) is 0 Å². The second-order valence-electron chi connectivity index (χ2n) is 3.12. The van der Waals surface area contributed by atoms with Crippen molar-refractivity contribution < 1.29 is 9.53 Å². The fourth-order valence-electron chi connectivity index (χ4n) is 1.33. The molecule has 2 aromatic rings. The SMILES string of the molecule is CCOC(=O)Cc1cc(=O)n2[nH]ncc2n1. The lowest BCUT2D eigenvalue weighted by molar-refractivity contribution is -0.142. The maximum Gasteiger partial charge on any atom is 0.311 e. The summed E-state index contributed by atoms with van der Waals surface area (Å²) in [7, 11) is 0. The first-order valence-electron chi connectivity index (χ1n) is 4.78. The summed E-state index contributed by atoms with van der Waals surface area (Å²) in [5.41, 5.74) is 0.457. The van der Waals surface area contributed by atoms with E-state index in [0.717, 1.165) is 0 Å². The fraction of sp³-hybridized carbons (Fsp3) is 0.333. The van der Waals surface area contributed by atoms with Gasteiger partial charge in [-0.25, -0.2) is 10.2 Å². The van der Waals surface area contributed by atoms with Gasteiger partial charge in [-0.3, -0.25) is 9.59 Å². The Hall–Kier alpha value is -2.18. The topological polar surface area (TPSA) is 89.4 Å². The van der Waals surface area contributed by atoms with Gasteiger partial charge >= 0.3 is 5.97 Å². The molecule has 2 rings (SSSR count). The van der Waals surface area contributed by atoms with Crippen LogP contribution in [0.15, 0.2) is 17.1 Å². The Balaban J connectivity index is 2.31. The van der Waals surface area contributed by atoms with E-state index in [0.29, 0.717) is 17.9 Å². The fourth-order valence-corrected chi connectivity index (χ4v) is 1.33. The number of hydrogen-bond donors (Lipinski definition) is 1. The van der Waals surface area contributed by atoms with E-state index in [9.17, 15) is 9.59 Å². The summed E-state index contributed by atoms with van der Waals surface area (Å²) in [5, 5.41) is 6.15. The first kappa shape index (κ1) is 10.3. The van der Waals surface area contributed by atoms with Crippen molar-refractivity contribution in [3.05, 3.63) is 28.3 Å². The number of aromatic amines is 1. The van der Waals surface area contributed by atoms with Crippen LogP contribution in [0.2, 0.25) is 0 Å². The second-order valence-corrected chi connectivity index (χ2v) is 3.12. The number of rotatable bonds is 3. The van der Waals surface area contributed by atoms with E-state index in [4.69, 9.17) is 4.74 Å². The minimum atomic E-state index is -0.401. The standard InChI is InChI=1S/C9H10N4O3/c1-2-16-9(15)4-6-3-8(14)13-7(11-6)5-10-12-13/h3,5,12H,2,4H2,1H3. The number of carbonyl (C=O) groups excluding carboxylic acids is 1. The first-order valence-corrected chi connectivity index (χ1v) is 4.78. The van der Waals surface area contributed by atoms with Gasteiger partial charge in [-0.05, 0) is 6.92 Å². The molecule has 0 amide bonds. The van der Waals surface area contributed by atoms with Crippen molar-refractivity contribution in [2.75, 3.05) is 6.61 Å². The molecule has 0 aliphatic carbocycles. The van der Waals surface area contributed by atoms with Crippen LogP contribution in [0, 0.1) is 0 Å². The normalized spacial score (nSPS) is 10.6. The van der Waals surface area contributed by atoms with E-state index in [1.54, 1.807) is 6.92 Å². The summed E-state index contributed by atoms with van der Waals surface area (Å²) >= 11 is 0. The minimum absolute atomic E-state index is 0.00917. The van der Waals surface area contributed by atoms with Crippen LogP contribution in [0.1, 0.15) is 12.6 Å². The van der Waals surface area contributed by atoms with Gasteiger partial charge in [0.25, 0.3) is 5.56 Å². The number of nitrogens with one attached hydrogen (secondary N) is 1. The number of hydrogen-bond acceptors (Lipinski definition) is 5. The van der Waals surface area contributed by atoms with Gasteiger partial charge in [0.05, 0.1) is 24.9 Å². The third kappa shape index (κ3) is 1.92. The molecule has 0 fully saturated rings. The van der Waals surface area contributed by atoms with Crippen molar-refractivity contribution in [2.45, 2.75) is 13.3 Å². The molecule has 0 saturated carbocycles. The van der Waals surface area contributed by atoms with E-state index in [1.165, 1.54) is 16.8 Å². The van der Waals surface area contributed by atoms with E-state index in [2.05, 4.69) is 15.3 Å². The number of esters is 1. The highest BCUT2D eigenvalue weighted by atomic mass is 16.5. The third-order valence-corrected chi connectivity index (χ3v) is 1.97. The van der Waals surface area contributed by atoms with Gasteiger partial charge in [-0.2, -0.15) is 9.61 Å². The Bertz CT molecular complexity index is 571. The summed E-state index contributed by atoms with van der Waals surface area (Å²) in [6, 6.07) is 1.28. The highest BCUT2D eigenvalue weighted by Gasteiger charge is 2.08. The molecule has 0 radical (unpaired) electrons. The maximum atomic E-state index is 11.5. The molecule has 7 nitrogen and oxygen atoms in total. The van der Waals surface area contributed by atoms with Gasteiger partial charge in [-0.15, -0.1) is 0 Å². The van der Waals surface area contributed by atoms with Crippen molar-refractivity contribution in [1.29, 1.82) is 0 Å². The molecule has 84 valence electrons. The minimum Gasteiger partial charge on any atom is -0.466 e. The van der Waals surface area contributed by atoms with Crippen LogP contribution in [0.25, 0.3) is 5.65 Å². The molecule has 0 spiro atoms. The Labute approximate surface area is 90.0 Å². The van der Waals surface area contributed by atoms with Crippen molar-refractivity contribution >= 4 is 11.6 Å². The zero-order valence-corrected chi connectivity index (χ0v) is 8.64. The van der Waals surface area contributed by atoms with Crippen molar-refractivity contribution in [1.82, 2.24) is 19.8 Å². The predicted molar refractivity (Wildman–Crippen MR) is 53.9 cm³/mol. The van der Waals surface area contributed by atoms with Crippen LogP contribution < -0.4 is 5.56 Å². The van der Waals surface area contributed by atoms with Crippen molar-refractivity contribution in [3.8, 4) is 0 Å². The van der Waals surface area contributed by atoms with Gasteiger partial charge in [0, 0.05) is 6.07 Å². The summed E-state index contributed by atoms with van der Waals surface area (Å²) in [5.74, 6) is -0.401. The van der Waals surface area contributed by atoms with Crippen molar-refractivity contribution in [3.63, 3.8) is 0 Å². The monoisotopic (exact) mass is 222 g/mol. The molecule has 0 aromatic carbocycles. The van der Waals surface area contributed by atoms with E-state index >= 15 is 0 Å². The Morgan fingerprint density at radius 3 is 3.19 bits per heavy atom. The average Bonchev–Trinajstić information content (AvgIpc) is 2.66. The first-order chi connectivity index (χ1) is 7.70. The summed E-state index contributed by atoms with van der Waals surface area (Å²) in [6.45, 7) is 2.03. The molecule has 2 heterocycles. The van der Waals surface area contributed by atoms with Gasteiger partial charge in [0.1, 0.15) is 0 Å². The molecule has 0 unspecified atom stereocenters. The highest BCUT2D eigenvalue weighted by molar-refractivity contribution is 5.72. The molecule has 2 aromatic heterocycles. The zero-order valence-electron chi connectivity index (χ0n) is 8.64. The zero-order chi connectivity index (χ0) is 11.5. The number of nitrogens with zero attached hydrogens (tertiary/aromatic N) is 3. The largest absolute Gasteiger partial charge is 0.466 e. The molecular formula is C9H10N4O3. The van der Waals surface area contributed by atoms with Crippen molar-refractivity contribution in [2.24, 2.45) is 0 Å². The van der Waals surface area contributed by atoms with Crippen LogP contribution in [0.5, 0.6) is 0 Å². The Kier molecular flexibility index (Phi) is 2.67. The summed E-state index contributed by atoms with van der Waals surface area (Å²) < 4.78 is 5.96. The molecule has 16 heavy (non-hydrogen) atoms. The van der Waals surface area contributed by atoms with E-state index < -0.39 is 5.97 Å². The maximum absolute atomic E-state index is 11.5. The molecule has 0 aliphatic heterocycles. The van der Waals surface area contributed by atoms with Crippen LogP contribution in [-0.2, 0) is 16.0 Å². The average molecular weight is 222 g/mol. The molecular weight excluding hydrogens is 212 g/mol. The van der Waals surface area contributed by atoms with Crippen LogP contribution in [-0.4, -0.2) is 32.4 Å². The number of fused-ring (bicyclic) bond motifs is 1. The van der Waals surface area contributed by atoms with Gasteiger partial charge in [-0.1, -0.05) is 0 Å².